The quantitative estimate of drug-likeness (QED) is 0.621. The number of Topliss-reactive ketones (excluding diaryl/α,β-unsaturated/α-hetero) is 1. The topological polar surface area (TPSA) is 106 Å². The lowest BCUT2D eigenvalue weighted by molar-refractivity contribution is -0.147. The highest BCUT2D eigenvalue weighted by atomic mass is 16.7. The first-order valence-corrected chi connectivity index (χ1v) is 11.0. The van der Waals surface area contributed by atoms with Crippen LogP contribution in [-0.4, -0.2) is 73.9 Å². The molecule has 1 aromatic carbocycles. The molecule has 2 aliphatic rings. The Kier molecular flexibility index (Phi) is 8.22. The van der Waals surface area contributed by atoms with Crippen LogP contribution in [0, 0.1) is 5.41 Å². The van der Waals surface area contributed by atoms with Gasteiger partial charge in [0.1, 0.15) is 18.7 Å². The minimum atomic E-state index is -0.872. The Bertz CT molecular complexity index is 794. The van der Waals surface area contributed by atoms with Crippen molar-refractivity contribution in [3.05, 3.63) is 35.9 Å². The molecule has 3 atom stereocenters. The molecule has 0 radical (unpaired) electrons. The average Bonchev–Trinajstić information content (AvgIpc) is 3.06. The summed E-state index contributed by atoms with van der Waals surface area (Å²) in [4.78, 5) is 43.1. The average molecular weight is 448 g/mol. The number of amides is 2. The van der Waals surface area contributed by atoms with Crippen molar-refractivity contribution >= 4 is 17.8 Å². The van der Waals surface area contributed by atoms with Gasteiger partial charge in [0.15, 0.2) is 5.78 Å². The summed E-state index contributed by atoms with van der Waals surface area (Å²) in [6, 6.07) is 8.38. The predicted molar refractivity (Wildman–Crippen MR) is 117 cm³/mol. The fraction of sp³-hybridized carbons (Fsp3) is 0.609. The lowest BCUT2D eigenvalue weighted by atomic mass is 9.80. The molecule has 2 heterocycles. The first-order valence-electron chi connectivity index (χ1n) is 11.0. The Balaban J connectivity index is 1.68. The molecule has 3 rings (SSSR count). The van der Waals surface area contributed by atoms with Crippen LogP contribution in [-0.2, 0) is 30.3 Å². The van der Waals surface area contributed by atoms with Gasteiger partial charge in [-0.05, 0) is 30.7 Å². The molecular weight excluding hydrogens is 414 g/mol. The smallest absolute Gasteiger partial charge is 0.379 e. The molecule has 1 aromatic rings. The van der Waals surface area contributed by atoms with Gasteiger partial charge in [-0.2, -0.15) is 0 Å². The van der Waals surface area contributed by atoms with Crippen LogP contribution in [0.4, 0.5) is 4.79 Å². The molecule has 0 saturated carbocycles. The largest absolute Gasteiger partial charge is 0.426 e. The molecule has 2 N–H and O–H groups in total. The number of nitrogens with zero attached hydrogens (tertiary/aromatic N) is 1. The van der Waals surface area contributed by atoms with E-state index in [1.165, 1.54) is 5.06 Å². The maximum Gasteiger partial charge on any atom is 0.426 e. The van der Waals surface area contributed by atoms with E-state index >= 15 is 0 Å². The number of carbonyl (C=O) groups is 3. The number of hydrogen-bond acceptors (Lipinski definition) is 7. The van der Waals surface area contributed by atoms with E-state index in [2.05, 4.69) is 10.6 Å². The summed E-state index contributed by atoms with van der Waals surface area (Å²) in [5.74, 6) is -0.607. The summed E-state index contributed by atoms with van der Waals surface area (Å²) in [7, 11) is 0. The highest BCUT2D eigenvalue weighted by Crippen LogP contribution is 2.28. The summed E-state index contributed by atoms with van der Waals surface area (Å²) in [6.07, 6.45) is -0.0313. The zero-order valence-electron chi connectivity index (χ0n) is 19.0. The number of hydroxylamine groups is 2. The minimum Gasteiger partial charge on any atom is -0.379 e. The molecule has 9 heteroatoms. The van der Waals surface area contributed by atoms with Crippen LogP contribution in [0.25, 0.3) is 0 Å². The monoisotopic (exact) mass is 447 g/mol. The summed E-state index contributed by atoms with van der Waals surface area (Å²) in [6.45, 7) is 7.69. The highest BCUT2D eigenvalue weighted by Gasteiger charge is 2.37. The van der Waals surface area contributed by atoms with Gasteiger partial charge in [0.25, 0.3) is 0 Å². The number of morpholine rings is 1. The van der Waals surface area contributed by atoms with E-state index in [0.717, 1.165) is 12.0 Å². The number of ether oxygens (including phenoxy) is 2. The van der Waals surface area contributed by atoms with Crippen LogP contribution in [0.3, 0.4) is 0 Å². The number of benzene rings is 1. The van der Waals surface area contributed by atoms with Gasteiger partial charge in [0, 0.05) is 0 Å². The van der Waals surface area contributed by atoms with Crippen LogP contribution in [0.1, 0.15) is 32.8 Å². The number of ketones is 1. The standard InChI is InChI=1S/C23H33N3O6/c1-16-20(19(27)15-31-16)25-21(28)18(24-22(29)32-26-9-11-30-12-10-26)14-23(2,3)13-17-7-5-4-6-8-17/h4-8,16,18,20H,9-15H2,1-3H3,(H,24,29)(H,25,28)/t16-,18-,20-/m0/s1. The number of hydrogen-bond donors (Lipinski definition) is 2. The molecule has 0 bridgehead atoms. The Morgan fingerprint density at radius 2 is 1.91 bits per heavy atom. The lowest BCUT2D eigenvalue weighted by Gasteiger charge is -2.31. The second kappa shape index (κ2) is 10.9. The van der Waals surface area contributed by atoms with E-state index < -0.39 is 30.2 Å². The SMILES string of the molecule is C[C@@H]1OCC(=O)[C@H]1NC(=O)[C@H](CC(C)(C)Cc1ccccc1)NC(=O)ON1CCOCC1. The maximum absolute atomic E-state index is 13.1. The van der Waals surface area contributed by atoms with Crippen molar-refractivity contribution in [1.82, 2.24) is 15.7 Å². The molecule has 2 fully saturated rings. The summed E-state index contributed by atoms with van der Waals surface area (Å²) in [5, 5.41) is 6.97. The Morgan fingerprint density at radius 1 is 1.22 bits per heavy atom. The highest BCUT2D eigenvalue weighted by molar-refractivity contribution is 5.94. The Hall–Kier alpha value is -2.49. The second-order valence-electron chi connectivity index (χ2n) is 9.12. The zero-order chi connectivity index (χ0) is 23.1. The normalized spacial score (nSPS) is 22.9. The fourth-order valence-electron chi connectivity index (χ4n) is 4.02. The molecule has 2 saturated heterocycles. The molecule has 0 spiro atoms. The van der Waals surface area contributed by atoms with E-state index in [9.17, 15) is 14.4 Å². The summed E-state index contributed by atoms with van der Waals surface area (Å²) >= 11 is 0. The van der Waals surface area contributed by atoms with Crippen molar-refractivity contribution in [2.75, 3.05) is 32.9 Å². The Labute approximate surface area is 188 Å². The zero-order valence-corrected chi connectivity index (χ0v) is 19.0. The van der Waals surface area contributed by atoms with Crippen molar-refractivity contribution in [3.8, 4) is 0 Å². The van der Waals surface area contributed by atoms with Gasteiger partial charge in [-0.1, -0.05) is 44.2 Å². The van der Waals surface area contributed by atoms with Gasteiger partial charge in [-0.15, -0.1) is 5.06 Å². The van der Waals surface area contributed by atoms with Crippen molar-refractivity contribution in [3.63, 3.8) is 0 Å². The van der Waals surface area contributed by atoms with Gasteiger partial charge < -0.3 is 24.9 Å². The van der Waals surface area contributed by atoms with Gasteiger partial charge in [0.05, 0.1) is 32.4 Å². The molecule has 0 aromatic heterocycles. The van der Waals surface area contributed by atoms with Gasteiger partial charge in [0.2, 0.25) is 5.91 Å². The minimum absolute atomic E-state index is 0.0250. The van der Waals surface area contributed by atoms with Crippen molar-refractivity contribution in [2.24, 2.45) is 5.41 Å². The van der Waals surface area contributed by atoms with Crippen LogP contribution in [0.2, 0.25) is 0 Å². The second-order valence-corrected chi connectivity index (χ2v) is 9.12. The number of rotatable bonds is 8. The summed E-state index contributed by atoms with van der Waals surface area (Å²) < 4.78 is 10.6. The fourth-order valence-corrected chi connectivity index (χ4v) is 4.02. The molecule has 2 aliphatic heterocycles. The molecule has 176 valence electrons. The molecule has 9 nitrogen and oxygen atoms in total. The van der Waals surface area contributed by atoms with E-state index in [-0.39, 0.29) is 17.8 Å². The lowest BCUT2D eigenvalue weighted by Crippen LogP contribution is -2.55. The number of nitrogens with one attached hydrogen (secondary N) is 2. The third-order valence-electron chi connectivity index (χ3n) is 5.68. The van der Waals surface area contributed by atoms with E-state index in [1.54, 1.807) is 6.92 Å². The number of carbonyl (C=O) groups excluding carboxylic acids is 3. The first-order chi connectivity index (χ1) is 15.2. The summed E-state index contributed by atoms with van der Waals surface area (Å²) in [5.41, 5.74) is 0.831. The molecular formula is C23H33N3O6. The van der Waals surface area contributed by atoms with Gasteiger partial charge in [-0.25, -0.2) is 4.79 Å². The van der Waals surface area contributed by atoms with E-state index in [4.69, 9.17) is 14.3 Å². The third-order valence-corrected chi connectivity index (χ3v) is 5.68. The molecule has 0 aliphatic carbocycles. The van der Waals surface area contributed by atoms with Crippen molar-refractivity contribution in [2.45, 2.75) is 51.8 Å². The first kappa shape index (κ1) is 24.2. The van der Waals surface area contributed by atoms with E-state index in [1.807, 2.05) is 44.2 Å². The van der Waals surface area contributed by atoms with Crippen LogP contribution in [0.5, 0.6) is 0 Å². The third kappa shape index (κ3) is 7.01. The molecule has 2 amide bonds. The Morgan fingerprint density at radius 3 is 2.53 bits per heavy atom. The predicted octanol–water partition coefficient (Wildman–Crippen LogP) is 1.46. The maximum atomic E-state index is 13.1. The van der Waals surface area contributed by atoms with Crippen LogP contribution < -0.4 is 10.6 Å². The van der Waals surface area contributed by atoms with E-state index in [0.29, 0.717) is 32.7 Å². The van der Waals surface area contributed by atoms with Gasteiger partial charge >= 0.3 is 6.09 Å². The molecule has 0 unspecified atom stereocenters. The van der Waals surface area contributed by atoms with Crippen LogP contribution in [0.15, 0.2) is 30.3 Å². The van der Waals surface area contributed by atoms with Crippen molar-refractivity contribution in [1.29, 1.82) is 0 Å². The van der Waals surface area contributed by atoms with Crippen molar-refractivity contribution < 1.29 is 28.7 Å². The molecule has 32 heavy (non-hydrogen) atoms. The van der Waals surface area contributed by atoms with Crippen LogP contribution >= 0.6 is 0 Å². The van der Waals surface area contributed by atoms with Gasteiger partial charge in [-0.3, -0.25) is 9.59 Å².